The van der Waals surface area contributed by atoms with E-state index >= 15 is 0 Å². The summed E-state index contributed by atoms with van der Waals surface area (Å²) >= 11 is 0. The van der Waals surface area contributed by atoms with E-state index in [4.69, 9.17) is 10.5 Å². The molecule has 1 fully saturated rings. The third-order valence-electron chi connectivity index (χ3n) is 2.45. The molecule has 10 heavy (non-hydrogen) atoms. The first-order valence-electron chi connectivity index (χ1n) is 3.98. The fourth-order valence-corrected chi connectivity index (χ4v) is 1.49. The van der Waals surface area contributed by atoms with Crippen LogP contribution in [0.4, 0.5) is 0 Å². The van der Waals surface area contributed by atoms with Gasteiger partial charge in [0.2, 0.25) is 0 Å². The van der Waals surface area contributed by atoms with E-state index in [1.807, 2.05) is 0 Å². The molecule has 1 saturated carbocycles. The highest BCUT2D eigenvalue weighted by Crippen LogP contribution is 2.33. The van der Waals surface area contributed by atoms with Crippen LogP contribution < -0.4 is 5.73 Å². The number of hydrogen-bond donors (Lipinski definition) is 1. The smallest absolute Gasteiger partial charge is 0.0560 e. The van der Waals surface area contributed by atoms with Crippen molar-refractivity contribution in [2.45, 2.75) is 44.2 Å². The average Bonchev–Trinajstić information content (AvgIpc) is 1.84. The molecule has 0 saturated heterocycles. The first-order valence-corrected chi connectivity index (χ1v) is 3.98. The summed E-state index contributed by atoms with van der Waals surface area (Å²) in [6, 6.07) is 0. The van der Waals surface area contributed by atoms with Crippen molar-refractivity contribution in [3.05, 3.63) is 0 Å². The second-order valence-corrected chi connectivity index (χ2v) is 3.47. The van der Waals surface area contributed by atoms with Crippen molar-refractivity contribution in [2.75, 3.05) is 7.11 Å². The molecule has 2 heteroatoms. The molecule has 1 atom stereocenters. The van der Waals surface area contributed by atoms with Gasteiger partial charge >= 0.3 is 0 Å². The molecule has 2 nitrogen and oxygen atoms in total. The van der Waals surface area contributed by atoms with Gasteiger partial charge in [-0.3, -0.25) is 0 Å². The average molecular weight is 143 g/mol. The van der Waals surface area contributed by atoms with Gasteiger partial charge in [0.1, 0.15) is 0 Å². The van der Waals surface area contributed by atoms with Gasteiger partial charge in [-0.1, -0.05) is 0 Å². The van der Waals surface area contributed by atoms with Crippen LogP contribution in [-0.4, -0.2) is 18.8 Å². The minimum Gasteiger partial charge on any atom is -0.382 e. The Balaban J connectivity index is 2.22. The zero-order valence-corrected chi connectivity index (χ0v) is 6.89. The van der Waals surface area contributed by atoms with Gasteiger partial charge in [-0.2, -0.15) is 0 Å². The number of ether oxygens (including phenoxy) is 1. The molecule has 0 aromatic rings. The summed E-state index contributed by atoms with van der Waals surface area (Å²) in [6.07, 6.45) is 5.00. The number of nitrogens with two attached hydrogens (primary N) is 1. The first kappa shape index (κ1) is 8.02. The van der Waals surface area contributed by atoms with Crippen molar-refractivity contribution in [1.82, 2.24) is 0 Å². The Morgan fingerprint density at radius 1 is 1.60 bits per heavy atom. The van der Waals surface area contributed by atoms with Crippen molar-refractivity contribution in [1.29, 1.82) is 0 Å². The normalized spacial score (nSPS) is 25.5. The topological polar surface area (TPSA) is 35.2 Å². The lowest BCUT2D eigenvalue weighted by atomic mass is 9.74. The lowest BCUT2D eigenvalue weighted by Gasteiger charge is -2.39. The summed E-state index contributed by atoms with van der Waals surface area (Å²) in [7, 11) is 1.74. The molecule has 60 valence electrons. The quantitative estimate of drug-likeness (QED) is 0.646. The second-order valence-electron chi connectivity index (χ2n) is 3.47. The maximum absolute atomic E-state index is 6.00. The van der Waals surface area contributed by atoms with Gasteiger partial charge in [0.25, 0.3) is 0 Å². The summed E-state index contributed by atoms with van der Waals surface area (Å²) < 4.78 is 5.14. The molecule has 1 aliphatic rings. The fraction of sp³-hybridized carbons (Fsp3) is 1.00. The predicted octanol–water partition coefficient (Wildman–Crippen LogP) is 1.29. The largest absolute Gasteiger partial charge is 0.382 e. The molecule has 1 aliphatic carbocycles. The minimum atomic E-state index is 0.120. The van der Waals surface area contributed by atoms with Crippen LogP contribution in [0.2, 0.25) is 0 Å². The van der Waals surface area contributed by atoms with E-state index in [9.17, 15) is 0 Å². The highest BCUT2D eigenvalue weighted by molar-refractivity contribution is 4.93. The highest BCUT2D eigenvalue weighted by atomic mass is 16.5. The number of hydrogen-bond acceptors (Lipinski definition) is 2. The van der Waals surface area contributed by atoms with Gasteiger partial charge < -0.3 is 10.5 Å². The zero-order chi connectivity index (χ0) is 7.61. The Hall–Kier alpha value is -0.0800. The van der Waals surface area contributed by atoms with Gasteiger partial charge in [-0.05, 0) is 32.6 Å². The van der Waals surface area contributed by atoms with Crippen molar-refractivity contribution in [3.8, 4) is 0 Å². The minimum absolute atomic E-state index is 0.120. The van der Waals surface area contributed by atoms with Gasteiger partial charge in [0.15, 0.2) is 0 Å². The van der Waals surface area contributed by atoms with Crippen LogP contribution >= 0.6 is 0 Å². The second kappa shape index (κ2) is 2.89. The summed E-state index contributed by atoms with van der Waals surface area (Å²) in [5.41, 5.74) is 6.12. The van der Waals surface area contributed by atoms with E-state index in [0.717, 1.165) is 6.42 Å². The maximum Gasteiger partial charge on any atom is 0.0560 e. The molecular formula is C8H17NO. The summed E-state index contributed by atoms with van der Waals surface area (Å²) in [5, 5.41) is 0. The van der Waals surface area contributed by atoms with Gasteiger partial charge in [0, 0.05) is 12.6 Å². The molecule has 2 N–H and O–H groups in total. The van der Waals surface area contributed by atoms with Gasteiger partial charge in [-0.25, -0.2) is 0 Å². The monoisotopic (exact) mass is 143 g/mol. The van der Waals surface area contributed by atoms with E-state index < -0.39 is 0 Å². The molecule has 0 heterocycles. The van der Waals surface area contributed by atoms with E-state index in [2.05, 4.69) is 6.92 Å². The van der Waals surface area contributed by atoms with Crippen LogP contribution in [0.15, 0.2) is 0 Å². The summed E-state index contributed by atoms with van der Waals surface area (Å²) in [4.78, 5) is 0. The Bertz CT molecular complexity index is 110. The standard InChI is InChI=1S/C8H17NO/c1-7(10-2)6-8(9)4-3-5-8/h7H,3-6,9H2,1-2H3. The van der Waals surface area contributed by atoms with Crippen LogP contribution in [0.25, 0.3) is 0 Å². The van der Waals surface area contributed by atoms with Crippen LogP contribution in [0.1, 0.15) is 32.6 Å². The number of rotatable bonds is 3. The van der Waals surface area contributed by atoms with Crippen LogP contribution in [-0.2, 0) is 4.74 Å². The fourth-order valence-electron chi connectivity index (χ4n) is 1.49. The Labute approximate surface area is 62.7 Å². The van der Waals surface area contributed by atoms with Gasteiger partial charge in [0.05, 0.1) is 6.10 Å². The third-order valence-corrected chi connectivity index (χ3v) is 2.45. The lowest BCUT2D eigenvalue weighted by Crippen LogP contribution is -2.48. The first-order chi connectivity index (χ1) is 4.66. The molecular weight excluding hydrogens is 126 g/mol. The molecule has 0 bridgehead atoms. The Morgan fingerprint density at radius 2 is 2.20 bits per heavy atom. The van der Waals surface area contributed by atoms with E-state index in [-0.39, 0.29) is 5.54 Å². The Kier molecular flexibility index (Phi) is 2.32. The van der Waals surface area contributed by atoms with Crippen LogP contribution in [0, 0.1) is 0 Å². The molecule has 0 spiro atoms. The molecule has 0 amide bonds. The van der Waals surface area contributed by atoms with Gasteiger partial charge in [-0.15, -0.1) is 0 Å². The molecule has 0 aliphatic heterocycles. The van der Waals surface area contributed by atoms with Crippen molar-refractivity contribution in [3.63, 3.8) is 0 Å². The molecule has 0 aromatic heterocycles. The van der Waals surface area contributed by atoms with Crippen LogP contribution in [0.3, 0.4) is 0 Å². The van der Waals surface area contributed by atoms with E-state index in [1.165, 1.54) is 19.3 Å². The Morgan fingerprint density at radius 3 is 2.50 bits per heavy atom. The molecule has 0 radical (unpaired) electrons. The van der Waals surface area contributed by atoms with Crippen molar-refractivity contribution < 1.29 is 4.74 Å². The lowest BCUT2D eigenvalue weighted by molar-refractivity contribution is 0.0669. The van der Waals surface area contributed by atoms with E-state index in [1.54, 1.807) is 7.11 Å². The zero-order valence-electron chi connectivity index (χ0n) is 6.89. The summed E-state index contributed by atoms with van der Waals surface area (Å²) in [6.45, 7) is 2.08. The van der Waals surface area contributed by atoms with Crippen molar-refractivity contribution >= 4 is 0 Å². The summed E-state index contributed by atoms with van der Waals surface area (Å²) in [5.74, 6) is 0. The predicted molar refractivity (Wildman–Crippen MR) is 41.9 cm³/mol. The maximum atomic E-state index is 6.00. The van der Waals surface area contributed by atoms with Crippen molar-refractivity contribution in [2.24, 2.45) is 5.73 Å². The number of methoxy groups -OCH3 is 1. The van der Waals surface area contributed by atoms with E-state index in [0.29, 0.717) is 6.10 Å². The molecule has 1 unspecified atom stereocenters. The SMILES string of the molecule is COC(C)CC1(N)CCC1. The van der Waals surface area contributed by atoms with Crippen LogP contribution in [0.5, 0.6) is 0 Å². The molecule has 1 rings (SSSR count). The third kappa shape index (κ3) is 1.70. The molecule has 0 aromatic carbocycles. The highest BCUT2D eigenvalue weighted by Gasteiger charge is 2.33.